The Morgan fingerprint density at radius 1 is 1.60 bits per heavy atom. The standard InChI is InChI=1S/C8H12Cl2N4S/c1-5(2)14-7(11-12-13-14)15-4-6-3-8(6,9)10/h5-6H,3-4H2,1-2H3/t6-/m1/s1. The molecule has 1 fully saturated rings. The Labute approximate surface area is 103 Å². The summed E-state index contributed by atoms with van der Waals surface area (Å²) in [5, 5.41) is 12.4. The molecular weight excluding hydrogens is 255 g/mol. The molecule has 0 spiro atoms. The molecule has 0 bridgehead atoms. The van der Waals surface area contributed by atoms with E-state index in [0.717, 1.165) is 17.3 Å². The van der Waals surface area contributed by atoms with Crippen molar-refractivity contribution in [2.24, 2.45) is 5.92 Å². The molecule has 1 aromatic rings. The number of aromatic nitrogens is 4. The molecular formula is C8H12Cl2N4S. The SMILES string of the molecule is CC(C)n1nnnc1SC[C@H]1CC1(Cl)Cl. The second-order valence-electron chi connectivity index (χ2n) is 3.97. The number of rotatable bonds is 4. The van der Waals surface area contributed by atoms with Gasteiger partial charge in [0, 0.05) is 11.7 Å². The summed E-state index contributed by atoms with van der Waals surface area (Å²) in [5.41, 5.74) is 0. The summed E-state index contributed by atoms with van der Waals surface area (Å²) < 4.78 is 1.29. The van der Waals surface area contributed by atoms with Crippen LogP contribution < -0.4 is 0 Å². The molecule has 1 aliphatic rings. The molecule has 1 aliphatic carbocycles. The molecule has 1 aromatic heterocycles. The Morgan fingerprint density at radius 2 is 2.27 bits per heavy atom. The number of nitrogens with zero attached hydrogens (tertiary/aromatic N) is 4. The molecule has 0 unspecified atom stereocenters. The van der Waals surface area contributed by atoms with Gasteiger partial charge < -0.3 is 0 Å². The molecule has 0 saturated heterocycles. The second-order valence-corrected chi connectivity index (χ2v) is 6.50. The fourth-order valence-electron chi connectivity index (χ4n) is 1.23. The highest BCUT2D eigenvalue weighted by Gasteiger charge is 2.51. The Morgan fingerprint density at radius 3 is 2.80 bits per heavy atom. The highest BCUT2D eigenvalue weighted by Crippen LogP contribution is 2.54. The van der Waals surface area contributed by atoms with Crippen LogP contribution in [0.15, 0.2) is 5.16 Å². The lowest BCUT2D eigenvalue weighted by Crippen LogP contribution is -2.05. The van der Waals surface area contributed by atoms with E-state index in [9.17, 15) is 0 Å². The van der Waals surface area contributed by atoms with E-state index < -0.39 is 4.33 Å². The number of hydrogen-bond acceptors (Lipinski definition) is 4. The largest absolute Gasteiger partial charge is 0.218 e. The minimum absolute atomic E-state index is 0.276. The van der Waals surface area contributed by atoms with Crippen LogP contribution in [-0.2, 0) is 0 Å². The first-order chi connectivity index (χ1) is 7.00. The first kappa shape index (κ1) is 11.5. The van der Waals surface area contributed by atoms with E-state index in [1.54, 1.807) is 16.4 Å². The van der Waals surface area contributed by atoms with Gasteiger partial charge in [-0.3, -0.25) is 0 Å². The predicted molar refractivity (Wildman–Crippen MR) is 61.5 cm³/mol. The van der Waals surface area contributed by atoms with Crippen molar-refractivity contribution in [2.45, 2.75) is 35.8 Å². The molecule has 84 valence electrons. The van der Waals surface area contributed by atoms with Crippen LogP contribution >= 0.6 is 35.0 Å². The first-order valence-electron chi connectivity index (χ1n) is 4.79. The van der Waals surface area contributed by atoms with E-state index in [0.29, 0.717) is 5.92 Å². The average molecular weight is 267 g/mol. The van der Waals surface area contributed by atoms with Gasteiger partial charge in [0.25, 0.3) is 0 Å². The normalized spacial score (nSPS) is 23.4. The third-order valence-electron chi connectivity index (χ3n) is 2.32. The van der Waals surface area contributed by atoms with Gasteiger partial charge in [-0.25, -0.2) is 4.68 Å². The zero-order valence-corrected chi connectivity index (χ0v) is 10.9. The molecule has 0 aliphatic heterocycles. The van der Waals surface area contributed by atoms with Crippen LogP contribution in [0.3, 0.4) is 0 Å². The first-order valence-corrected chi connectivity index (χ1v) is 6.53. The van der Waals surface area contributed by atoms with Crippen LogP contribution in [0.5, 0.6) is 0 Å². The van der Waals surface area contributed by atoms with Crippen LogP contribution in [0.2, 0.25) is 0 Å². The summed E-state index contributed by atoms with van der Waals surface area (Å²) >= 11 is 13.5. The van der Waals surface area contributed by atoms with Crippen molar-refractivity contribution < 1.29 is 0 Å². The Hall–Kier alpha value is -0.000000000000000111. The van der Waals surface area contributed by atoms with Crippen LogP contribution in [0, 0.1) is 5.92 Å². The van der Waals surface area contributed by atoms with Gasteiger partial charge in [-0.1, -0.05) is 11.8 Å². The van der Waals surface area contributed by atoms with E-state index >= 15 is 0 Å². The fourth-order valence-corrected chi connectivity index (χ4v) is 3.17. The van der Waals surface area contributed by atoms with Crippen LogP contribution in [-0.4, -0.2) is 30.3 Å². The monoisotopic (exact) mass is 266 g/mol. The van der Waals surface area contributed by atoms with Crippen molar-refractivity contribution in [1.82, 2.24) is 20.2 Å². The lowest BCUT2D eigenvalue weighted by atomic mass is 10.4. The van der Waals surface area contributed by atoms with E-state index in [1.807, 2.05) is 13.8 Å². The van der Waals surface area contributed by atoms with Crippen molar-refractivity contribution >= 4 is 35.0 Å². The van der Waals surface area contributed by atoms with Crippen LogP contribution in [0.4, 0.5) is 0 Å². The van der Waals surface area contributed by atoms with Gasteiger partial charge in [0.15, 0.2) is 0 Å². The minimum Gasteiger partial charge on any atom is -0.218 e. The fraction of sp³-hybridized carbons (Fsp3) is 0.875. The summed E-state index contributed by atoms with van der Waals surface area (Å²) in [6, 6.07) is 0.276. The molecule has 0 amide bonds. The number of hydrogen-bond donors (Lipinski definition) is 0. The van der Waals surface area contributed by atoms with Gasteiger partial charge >= 0.3 is 0 Å². The van der Waals surface area contributed by atoms with Crippen molar-refractivity contribution in [3.63, 3.8) is 0 Å². The minimum atomic E-state index is -0.511. The van der Waals surface area contributed by atoms with Crippen LogP contribution in [0.25, 0.3) is 0 Å². The van der Waals surface area contributed by atoms with E-state index in [-0.39, 0.29) is 6.04 Å². The Kier molecular flexibility index (Phi) is 3.14. The van der Waals surface area contributed by atoms with E-state index in [4.69, 9.17) is 23.2 Å². The third-order valence-corrected chi connectivity index (χ3v) is 4.34. The van der Waals surface area contributed by atoms with Gasteiger partial charge in [0.2, 0.25) is 5.16 Å². The van der Waals surface area contributed by atoms with Crippen molar-refractivity contribution in [3.8, 4) is 0 Å². The third kappa shape index (κ3) is 2.57. The lowest BCUT2D eigenvalue weighted by Gasteiger charge is -2.06. The maximum atomic E-state index is 5.94. The van der Waals surface area contributed by atoms with Gasteiger partial charge in [-0.15, -0.1) is 28.3 Å². The maximum absolute atomic E-state index is 5.94. The quantitative estimate of drug-likeness (QED) is 0.621. The summed E-state index contributed by atoms with van der Waals surface area (Å²) in [4.78, 5) is 0. The molecule has 15 heavy (non-hydrogen) atoms. The summed E-state index contributed by atoms with van der Waals surface area (Å²) in [7, 11) is 0. The molecule has 0 N–H and O–H groups in total. The number of alkyl halides is 2. The summed E-state index contributed by atoms with van der Waals surface area (Å²) in [6.07, 6.45) is 0.867. The highest BCUT2D eigenvalue weighted by atomic mass is 35.5. The van der Waals surface area contributed by atoms with Gasteiger partial charge in [0.1, 0.15) is 4.33 Å². The lowest BCUT2D eigenvalue weighted by molar-refractivity contribution is 0.477. The smallest absolute Gasteiger partial charge is 0.209 e. The van der Waals surface area contributed by atoms with Crippen LogP contribution in [0.1, 0.15) is 26.3 Å². The molecule has 1 atom stereocenters. The second kappa shape index (κ2) is 4.11. The molecule has 0 radical (unpaired) electrons. The number of halogens is 2. The summed E-state index contributed by atoms with van der Waals surface area (Å²) in [6.45, 7) is 4.09. The molecule has 4 nitrogen and oxygen atoms in total. The number of thioether (sulfide) groups is 1. The predicted octanol–water partition coefficient (Wildman–Crippen LogP) is 2.54. The maximum Gasteiger partial charge on any atom is 0.209 e. The summed E-state index contributed by atoms with van der Waals surface area (Å²) in [5.74, 6) is 1.24. The van der Waals surface area contributed by atoms with Crippen molar-refractivity contribution in [2.75, 3.05) is 5.75 Å². The highest BCUT2D eigenvalue weighted by molar-refractivity contribution is 7.99. The Balaban J connectivity index is 1.91. The van der Waals surface area contributed by atoms with Crippen molar-refractivity contribution in [3.05, 3.63) is 0 Å². The molecule has 7 heteroatoms. The van der Waals surface area contributed by atoms with Gasteiger partial charge in [-0.2, -0.15) is 0 Å². The zero-order chi connectivity index (χ0) is 11.1. The zero-order valence-electron chi connectivity index (χ0n) is 8.52. The molecule has 0 aromatic carbocycles. The molecule has 1 heterocycles. The van der Waals surface area contributed by atoms with Gasteiger partial charge in [0.05, 0.1) is 6.04 Å². The molecule has 1 saturated carbocycles. The molecule has 2 rings (SSSR count). The number of tetrazole rings is 1. The van der Waals surface area contributed by atoms with Gasteiger partial charge in [-0.05, 0) is 30.7 Å². The Bertz CT molecular complexity index is 352. The topological polar surface area (TPSA) is 43.6 Å². The van der Waals surface area contributed by atoms with E-state index in [1.165, 1.54) is 0 Å². The average Bonchev–Trinajstić information content (AvgIpc) is 2.63. The van der Waals surface area contributed by atoms with Crippen molar-refractivity contribution in [1.29, 1.82) is 0 Å². The van der Waals surface area contributed by atoms with E-state index in [2.05, 4.69) is 15.5 Å².